The Morgan fingerprint density at radius 1 is 0.938 bits per heavy atom. The van der Waals surface area contributed by atoms with Gasteiger partial charge in [-0.05, 0) is 22.2 Å². The molecular formula is C14H9NO. The van der Waals surface area contributed by atoms with Crippen molar-refractivity contribution in [2.45, 2.75) is 0 Å². The van der Waals surface area contributed by atoms with Crippen LogP contribution in [0.25, 0.3) is 21.5 Å². The Kier molecular flexibility index (Phi) is 1.93. The number of benzene rings is 2. The Labute approximate surface area is 92.5 Å². The van der Waals surface area contributed by atoms with E-state index < -0.39 is 0 Å². The van der Waals surface area contributed by atoms with Crippen molar-refractivity contribution in [2.24, 2.45) is 0 Å². The highest BCUT2D eigenvalue weighted by Crippen LogP contribution is 2.24. The Morgan fingerprint density at radius 3 is 2.62 bits per heavy atom. The van der Waals surface area contributed by atoms with Gasteiger partial charge < -0.3 is 0 Å². The fraction of sp³-hybridized carbons (Fsp3) is 0. The van der Waals surface area contributed by atoms with Crippen molar-refractivity contribution in [3.63, 3.8) is 0 Å². The number of aromatic nitrogens is 1. The molecule has 1 heterocycles. The number of nitrogens with zero attached hydrogens (tertiary/aromatic N) is 1. The summed E-state index contributed by atoms with van der Waals surface area (Å²) in [5, 5.41) is 4.48. The zero-order valence-electron chi connectivity index (χ0n) is 8.55. The maximum atomic E-state index is 10.7. The summed E-state index contributed by atoms with van der Waals surface area (Å²) in [6.45, 7) is 0. The van der Waals surface area contributed by atoms with E-state index in [2.05, 4.69) is 23.2 Å². The zero-order valence-corrected chi connectivity index (χ0v) is 8.55. The van der Waals surface area contributed by atoms with Gasteiger partial charge >= 0.3 is 0 Å². The Bertz CT molecular complexity index is 688. The first kappa shape index (κ1) is 9.04. The monoisotopic (exact) mass is 207 g/mol. The molecule has 0 saturated carbocycles. The molecule has 0 fully saturated rings. The second kappa shape index (κ2) is 3.42. The molecule has 0 bridgehead atoms. The van der Waals surface area contributed by atoms with Crippen LogP contribution in [0.5, 0.6) is 0 Å². The summed E-state index contributed by atoms with van der Waals surface area (Å²) >= 11 is 0. The summed E-state index contributed by atoms with van der Waals surface area (Å²) in [6, 6.07) is 14.1. The average Bonchev–Trinajstić information content (AvgIpc) is 2.38. The lowest BCUT2D eigenvalue weighted by Crippen LogP contribution is -1.86. The normalized spacial score (nSPS) is 10.8. The van der Waals surface area contributed by atoms with E-state index in [0.29, 0.717) is 5.69 Å². The number of rotatable bonds is 1. The van der Waals surface area contributed by atoms with Gasteiger partial charge in [0.1, 0.15) is 5.69 Å². The molecule has 0 unspecified atom stereocenters. The van der Waals surface area contributed by atoms with Crippen molar-refractivity contribution in [3.8, 4) is 0 Å². The molecule has 76 valence electrons. The number of carbonyl (C=O) groups excluding carboxylic acids is 1. The Balaban J connectivity index is 2.52. The lowest BCUT2D eigenvalue weighted by molar-refractivity contribution is 0.111. The molecule has 0 aliphatic carbocycles. The Morgan fingerprint density at radius 2 is 1.75 bits per heavy atom. The quantitative estimate of drug-likeness (QED) is 0.453. The van der Waals surface area contributed by atoms with Gasteiger partial charge in [-0.25, -0.2) is 0 Å². The third-order valence-electron chi connectivity index (χ3n) is 2.77. The highest BCUT2D eigenvalue weighted by atomic mass is 16.1. The molecule has 1 aromatic heterocycles. The molecule has 3 rings (SSSR count). The van der Waals surface area contributed by atoms with E-state index in [-0.39, 0.29) is 0 Å². The number of hydrogen-bond donors (Lipinski definition) is 0. The molecule has 0 saturated heterocycles. The second-order valence-electron chi connectivity index (χ2n) is 3.73. The molecular weight excluding hydrogens is 198 g/mol. The number of hydrogen-bond acceptors (Lipinski definition) is 2. The molecule has 0 aliphatic rings. The van der Waals surface area contributed by atoms with Gasteiger partial charge in [0.15, 0.2) is 6.29 Å². The molecule has 3 aromatic rings. The van der Waals surface area contributed by atoms with Crippen molar-refractivity contribution < 1.29 is 4.79 Å². The molecule has 2 aromatic carbocycles. The first-order valence-corrected chi connectivity index (χ1v) is 5.11. The third kappa shape index (κ3) is 1.27. The van der Waals surface area contributed by atoms with Crippen molar-refractivity contribution in [1.82, 2.24) is 4.98 Å². The fourth-order valence-electron chi connectivity index (χ4n) is 1.98. The van der Waals surface area contributed by atoms with Crippen LogP contribution in [0.4, 0.5) is 0 Å². The van der Waals surface area contributed by atoms with E-state index in [9.17, 15) is 4.79 Å². The zero-order chi connectivity index (χ0) is 11.0. The topological polar surface area (TPSA) is 30.0 Å². The van der Waals surface area contributed by atoms with Gasteiger partial charge in [0.2, 0.25) is 0 Å². The minimum absolute atomic E-state index is 0.476. The van der Waals surface area contributed by atoms with Crippen LogP contribution in [0, 0.1) is 0 Å². The lowest BCUT2D eigenvalue weighted by atomic mass is 10.0. The van der Waals surface area contributed by atoms with Gasteiger partial charge in [-0.1, -0.05) is 36.4 Å². The summed E-state index contributed by atoms with van der Waals surface area (Å²) in [5.74, 6) is 0. The molecule has 0 atom stereocenters. The number of aldehydes is 1. The summed E-state index contributed by atoms with van der Waals surface area (Å²) in [5.41, 5.74) is 0.476. The molecule has 0 spiro atoms. The molecule has 2 nitrogen and oxygen atoms in total. The third-order valence-corrected chi connectivity index (χ3v) is 2.77. The van der Waals surface area contributed by atoms with E-state index in [0.717, 1.165) is 22.4 Å². The lowest BCUT2D eigenvalue weighted by Gasteiger charge is -2.03. The van der Waals surface area contributed by atoms with E-state index >= 15 is 0 Å². The molecule has 0 aliphatic heterocycles. The van der Waals surface area contributed by atoms with Crippen LogP contribution < -0.4 is 0 Å². The molecule has 0 amide bonds. The predicted octanol–water partition coefficient (Wildman–Crippen LogP) is 3.20. The second-order valence-corrected chi connectivity index (χ2v) is 3.73. The molecule has 0 radical (unpaired) electrons. The van der Waals surface area contributed by atoms with E-state index in [1.807, 2.05) is 24.3 Å². The van der Waals surface area contributed by atoms with Gasteiger partial charge in [0, 0.05) is 11.6 Å². The molecule has 0 N–H and O–H groups in total. The maximum absolute atomic E-state index is 10.7. The summed E-state index contributed by atoms with van der Waals surface area (Å²) in [7, 11) is 0. The van der Waals surface area contributed by atoms with Gasteiger partial charge in [-0.3, -0.25) is 9.78 Å². The van der Waals surface area contributed by atoms with Crippen molar-refractivity contribution in [2.75, 3.05) is 0 Å². The number of fused-ring (bicyclic) bond motifs is 3. The number of pyridine rings is 1. The minimum Gasteiger partial charge on any atom is -0.296 e. The van der Waals surface area contributed by atoms with E-state index in [4.69, 9.17) is 0 Å². The largest absolute Gasteiger partial charge is 0.296 e. The van der Waals surface area contributed by atoms with Gasteiger partial charge in [-0.2, -0.15) is 0 Å². The first-order valence-electron chi connectivity index (χ1n) is 5.11. The van der Waals surface area contributed by atoms with Crippen LogP contribution in [-0.4, -0.2) is 11.3 Å². The van der Waals surface area contributed by atoms with E-state index in [1.54, 1.807) is 6.20 Å². The van der Waals surface area contributed by atoms with Gasteiger partial charge in [0.05, 0.1) is 0 Å². The summed E-state index contributed by atoms with van der Waals surface area (Å²) < 4.78 is 0. The Hall–Kier alpha value is -2.22. The van der Waals surface area contributed by atoms with Crippen LogP contribution in [-0.2, 0) is 0 Å². The highest BCUT2D eigenvalue weighted by molar-refractivity contribution is 6.08. The van der Waals surface area contributed by atoms with Gasteiger partial charge in [-0.15, -0.1) is 0 Å². The smallest absolute Gasteiger partial charge is 0.168 e. The molecule has 2 heteroatoms. The van der Waals surface area contributed by atoms with Crippen LogP contribution >= 0.6 is 0 Å². The summed E-state index contributed by atoms with van der Waals surface area (Å²) in [4.78, 5) is 14.8. The van der Waals surface area contributed by atoms with Crippen molar-refractivity contribution in [3.05, 3.63) is 54.4 Å². The fourth-order valence-corrected chi connectivity index (χ4v) is 1.98. The minimum atomic E-state index is 0.476. The van der Waals surface area contributed by atoms with E-state index in [1.165, 1.54) is 5.39 Å². The standard InChI is InChI=1S/C14H9NO/c16-9-12-7-14-11(8-15-12)6-5-10-3-1-2-4-13(10)14/h1-9H. The summed E-state index contributed by atoms with van der Waals surface area (Å²) in [6.07, 6.45) is 2.52. The van der Waals surface area contributed by atoms with Crippen LogP contribution in [0.2, 0.25) is 0 Å². The SMILES string of the molecule is O=Cc1cc2c(ccc3ccccc32)cn1. The molecule has 16 heavy (non-hydrogen) atoms. The van der Waals surface area contributed by atoms with Crippen LogP contribution in [0.3, 0.4) is 0 Å². The first-order chi connectivity index (χ1) is 7.88. The van der Waals surface area contributed by atoms with Crippen molar-refractivity contribution in [1.29, 1.82) is 0 Å². The highest BCUT2D eigenvalue weighted by Gasteiger charge is 2.01. The predicted molar refractivity (Wildman–Crippen MR) is 64.6 cm³/mol. The average molecular weight is 207 g/mol. The van der Waals surface area contributed by atoms with Crippen LogP contribution in [0.15, 0.2) is 48.7 Å². The maximum Gasteiger partial charge on any atom is 0.168 e. The number of carbonyl (C=O) groups is 1. The van der Waals surface area contributed by atoms with Gasteiger partial charge in [0.25, 0.3) is 0 Å². The van der Waals surface area contributed by atoms with Crippen molar-refractivity contribution >= 4 is 27.8 Å². The van der Waals surface area contributed by atoms with Crippen LogP contribution in [0.1, 0.15) is 10.5 Å².